The van der Waals surface area contributed by atoms with Gasteiger partial charge in [-0.2, -0.15) is 0 Å². The van der Waals surface area contributed by atoms with E-state index >= 15 is 0 Å². The van der Waals surface area contributed by atoms with Gasteiger partial charge >= 0.3 is 0 Å². The first kappa shape index (κ1) is 13.6. The molecule has 2 heterocycles. The minimum absolute atomic E-state index is 0.763. The van der Waals surface area contributed by atoms with Gasteiger partial charge in [0.2, 0.25) is 0 Å². The second kappa shape index (κ2) is 5.97. The highest BCUT2D eigenvalue weighted by atomic mass is 79.9. The highest BCUT2D eigenvalue weighted by Gasteiger charge is 2.11. The van der Waals surface area contributed by atoms with Crippen LogP contribution >= 0.6 is 15.9 Å². The molecule has 106 valence electrons. The molecule has 0 atom stereocenters. The Bertz CT molecular complexity index is 608. The third kappa shape index (κ3) is 2.88. The molecule has 0 bridgehead atoms. The third-order valence-corrected chi connectivity index (χ3v) is 4.23. The number of nitrogen functional groups attached to an aromatic ring is 1. The van der Waals surface area contributed by atoms with Crippen molar-refractivity contribution >= 4 is 38.2 Å². The molecule has 5 heteroatoms. The van der Waals surface area contributed by atoms with Crippen molar-refractivity contribution in [3.63, 3.8) is 0 Å². The number of rotatable bonds is 4. The lowest BCUT2D eigenvalue weighted by atomic mass is 10.1. The average Bonchev–Trinajstić information content (AvgIpc) is 2.95. The van der Waals surface area contributed by atoms with Crippen LogP contribution in [-0.2, 0) is 0 Å². The van der Waals surface area contributed by atoms with Crippen molar-refractivity contribution in [3.05, 3.63) is 28.9 Å². The number of aromatic nitrogens is 1. The maximum Gasteiger partial charge on any atom is 0.0954 e. The summed E-state index contributed by atoms with van der Waals surface area (Å²) in [7, 11) is 0. The Hall–Kier alpha value is -1.33. The minimum Gasteiger partial charge on any atom is -0.398 e. The van der Waals surface area contributed by atoms with Gasteiger partial charge in [-0.25, -0.2) is 0 Å². The van der Waals surface area contributed by atoms with Gasteiger partial charge in [-0.05, 0) is 60.1 Å². The summed E-state index contributed by atoms with van der Waals surface area (Å²) in [6.07, 6.45) is 4.48. The predicted molar refractivity (Wildman–Crippen MR) is 88.0 cm³/mol. The second-order valence-corrected chi connectivity index (χ2v) is 6.14. The van der Waals surface area contributed by atoms with Crippen LogP contribution in [0.5, 0.6) is 0 Å². The largest absolute Gasteiger partial charge is 0.398 e. The first-order valence-electron chi connectivity index (χ1n) is 7.04. The first-order chi connectivity index (χ1) is 9.74. The van der Waals surface area contributed by atoms with Crippen LogP contribution in [0.3, 0.4) is 0 Å². The Kier molecular flexibility index (Phi) is 4.08. The fraction of sp³-hybridized carbons (Fsp3) is 0.400. The van der Waals surface area contributed by atoms with E-state index in [1.807, 2.05) is 24.4 Å². The molecule has 4 nitrogen and oxygen atoms in total. The fourth-order valence-electron chi connectivity index (χ4n) is 2.71. The van der Waals surface area contributed by atoms with Gasteiger partial charge in [-0.3, -0.25) is 4.98 Å². The number of hydrogen-bond donors (Lipinski definition) is 2. The zero-order chi connectivity index (χ0) is 13.9. The van der Waals surface area contributed by atoms with Crippen LogP contribution in [0.15, 0.2) is 28.9 Å². The molecule has 1 fully saturated rings. The molecule has 2 aromatic rings. The van der Waals surface area contributed by atoms with Crippen molar-refractivity contribution in [2.75, 3.05) is 37.2 Å². The quantitative estimate of drug-likeness (QED) is 0.843. The van der Waals surface area contributed by atoms with Gasteiger partial charge in [0.05, 0.1) is 11.2 Å². The van der Waals surface area contributed by atoms with Crippen LogP contribution in [0.4, 0.5) is 11.4 Å². The zero-order valence-electron chi connectivity index (χ0n) is 11.4. The lowest BCUT2D eigenvalue weighted by Gasteiger charge is -2.16. The standard InChI is InChI=1S/C15H19BrN4/c16-11-9-12-13(17)3-4-14(15(12)19-10-11)18-5-8-20-6-1-2-7-20/h3-4,9-10,18H,1-2,5-8,17H2. The van der Waals surface area contributed by atoms with E-state index < -0.39 is 0 Å². The number of benzene rings is 1. The summed E-state index contributed by atoms with van der Waals surface area (Å²) in [6.45, 7) is 4.49. The Morgan fingerprint density at radius 2 is 2.10 bits per heavy atom. The molecule has 1 aliphatic heterocycles. The number of pyridine rings is 1. The molecule has 0 unspecified atom stereocenters. The predicted octanol–water partition coefficient (Wildman–Crippen LogP) is 3.09. The molecular formula is C15H19BrN4. The van der Waals surface area contributed by atoms with E-state index in [-0.39, 0.29) is 0 Å². The summed E-state index contributed by atoms with van der Waals surface area (Å²) >= 11 is 3.44. The van der Waals surface area contributed by atoms with E-state index in [4.69, 9.17) is 5.73 Å². The molecule has 0 aliphatic carbocycles. The van der Waals surface area contributed by atoms with Crippen molar-refractivity contribution in [3.8, 4) is 0 Å². The molecule has 3 rings (SSSR count). The molecule has 0 amide bonds. The molecular weight excluding hydrogens is 316 g/mol. The summed E-state index contributed by atoms with van der Waals surface area (Å²) in [6, 6.07) is 5.97. The van der Waals surface area contributed by atoms with Crippen molar-refractivity contribution in [1.82, 2.24) is 9.88 Å². The Morgan fingerprint density at radius 3 is 2.90 bits per heavy atom. The molecule has 1 aromatic heterocycles. The van der Waals surface area contributed by atoms with Crippen LogP contribution in [0.2, 0.25) is 0 Å². The molecule has 1 saturated heterocycles. The monoisotopic (exact) mass is 334 g/mol. The van der Waals surface area contributed by atoms with E-state index in [1.165, 1.54) is 25.9 Å². The van der Waals surface area contributed by atoms with Crippen molar-refractivity contribution in [1.29, 1.82) is 0 Å². The van der Waals surface area contributed by atoms with E-state index in [2.05, 4.69) is 31.1 Å². The normalized spacial score (nSPS) is 15.8. The average molecular weight is 335 g/mol. The number of likely N-dealkylation sites (tertiary alicyclic amines) is 1. The number of fused-ring (bicyclic) bond motifs is 1. The Morgan fingerprint density at radius 1 is 1.30 bits per heavy atom. The van der Waals surface area contributed by atoms with Crippen molar-refractivity contribution in [2.24, 2.45) is 0 Å². The van der Waals surface area contributed by atoms with Gasteiger partial charge in [0, 0.05) is 34.8 Å². The molecule has 0 spiro atoms. The highest BCUT2D eigenvalue weighted by molar-refractivity contribution is 9.10. The smallest absolute Gasteiger partial charge is 0.0954 e. The maximum atomic E-state index is 6.03. The van der Waals surface area contributed by atoms with Crippen LogP contribution < -0.4 is 11.1 Å². The number of nitrogens with zero attached hydrogens (tertiary/aromatic N) is 2. The van der Waals surface area contributed by atoms with Crippen LogP contribution in [0.1, 0.15) is 12.8 Å². The molecule has 0 radical (unpaired) electrons. The first-order valence-corrected chi connectivity index (χ1v) is 7.83. The number of nitrogens with one attached hydrogen (secondary N) is 1. The number of nitrogens with two attached hydrogens (primary N) is 1. The van der Waals surface area contributed by atoms with Crippen LogP contribution in [0, 0.1) is 0 Å². The Balaban J connectivity index is 1.75. The highest BCUT2D eigenvalue weighted by Crippen LogP contribution is 2.28. The summed E-state index contributed by atoms with van der Waals surface area (Å²) < 4.78 is 0.950. The number of halogens is 1. The molecule has 0 saturated carbocycles. The molecule has 20 heavy (non-hydrogen) atoms. The zero-order valence-corrected chi connectivity index (χ0v) is 13.0. The number of anilines is 2. The summed E-state index contributed by atoms with van der Waals surface area (Å²) in [5.41, 5.74) is 8.78. The van der Waals surface area contributed by atoms with E-state index in [9.17, 15) is 0 Å². The lowest BCUT2D eigenvalue weighted by molar-refractivity contribution is 0.353. The minimum atomic E-state index is 0.763. The Labute approximate surface area is 127 Å². The molecule has 1 aromatic carbocycles. The van der Waals surface area contributed by atoms with Gasteiger partial charge < -0.3 is 16.0 Å². The van der Waals surface area contributed by atoms with Gasteiger partial charge in [-0.15, -0.1) is 0 Å². The fourth-order valence-corrected chi connectivity index (χ4v) is 3.04. The number of hydrogen-bond acceptors (Lipinski definition) is 4. The topological polar surface area (TPSA) is 54.2 Å². The molecule has 3 N–H and O–H groups in total. The van der Waals surface area contributed by atoms with E-state index in [0.29, 0.717) is 0 Å². The van der Waals surface area contributed by atoms with Crippen molar-refractivity contribution in [2.45, 2.75) is 12.8 Å². The second-order valence-electron chi connectivity index (χ2n) is 5.23. The van der Waals surface area contributed by atoms with Gasteiger partial charge in [0.15, 0.2) is 0 Å². The van der Waals surface area contributed by atoms with Crippen molar-refractivity contribution < 1.29 is 0 Å². The lowest BCUT2D eigenvalue weighted by Crippen LogP contribution is -2.26. The van der Waals surface area contributed by atoms with Gasteiger partial charge in [0.1, 0.15) is 0 Å². The summed E-state index contributed by atoms with van der Waals surface area (Å²) in [5.74, 6) is 0. The van der Waals surface area contributed by atoms with Crippen LogP contribution in [0.25, 0.3) is 10.9 Å². The summed E-state index contributed by atoms with van der Waals surface area (Å²) in [5, 5.41) is 4.48. The van der Waals surface area contributed by atoms with Gasteiger partial charge in [0.25, 0.3) is 0 Å². The summed E-state index contributed by atoms with van der Waals surface area (Å²) in [4.78, 5) is 6.99. The third-order valence-electron chi connectivity index (χ3n) is 3.79. The van der Waals surface area contributed by atoms with Gasteiger partial charge in [-0.1, -0.05) is 0 Å². The van der Waals surface area contributed by atoms with E-state index in [1.54, 1.807) is 0 Å². The molecule has 1 aliphatic rings. The van der Waals surface area contributed by atoms with Crippen LogP contribution in [-0.4, -0.2) is 36.1 Å². The maximum absolute atomic E-state index is 6.03. The van der Waals surface area contributed by atoms with E-state index in [0.717, 1.165) is 39.8 Å². The SMILES string of the molecule is Nc1ccc(NCCN2CCCC2)c2ncc(Br)cc12.